The normalized spacial score (nSPS) is 11.8. The van der Waals surface area contributed by atoms with E-state index in [1.165, 1.54) is 84.1 Å². The highest BCUT2D eigenvalue weighted by atomic mass is 15.0. The third-order valence-electron chi connectivity index (χ3n) is 8.62. The Labute approximate surface area is 242 Å². The first kappa shape index (κ1) is 23.1. The van der Waals surface area contributed by atoms with E-state index in [9.17, 15) is 0 Å². The van der Waals surface area contributed by atoms with Gasteiger partial charge in [-0.25, -0.2) is 15.0 Å². The van der Waals surface area contributed by atoms with Gasteiger partial charge in [0.1, 0.15) is 12.7 Å². The second-order valence-corrected chi connectivity index (χ2v) is 10.9. The number of fused-ring (bicyclic) bond motifs is 5. The lowest BCUT2D eigenvalue weighted by molar-refractivity contribution is 1.06. The molecule has 0 saturated heterocycles. The van der Waals surface area contributed by atoms with E-state index in [1.807, 2.05) is 0 Å². The predicted molar refractivity (Wildman–Crippen MR) is 173 cm³/mol. The van der Waals surface area contributed by atoms with E-state index in [1.54, 1.807) is 0 Å². The molecule has 1 aliphatic rings. The highest BCUT2D eigenvalue weighted by Gasteiger charge is 2.22. The monoisotopic (exact) mass is 533 g/mol. The molecular formula is C39H23N3. The average molecular weight is 534 g/mol. The largest absolute Gasteiger partial charge is 0.225 e. The maximum atomic E-state index is 4.29. The fourth-order valence-corrected chi connectivity index (χ4v) is 6.61. The fraction of sp³-hybridized carbons (Fsp3) is 0. The van der Waals surface area contributed by atoms with Gasteiger partial charge in [0.25, 0.3) is 0 Å². The molecule has 194 valence electrons. The van der Waals surface area contributed by atoms with Gasteiger partial charge in [-0.3, -0.25) is 0 Å². The zero-order valence-corrected chi connectivity index (χ0v) is 22.6. The topological polar surface area (TPSA) is 38.7 Å². The Kier molecular flexibility index (Phi) is 4.90. The zero-order valence-electron chi connectivity index (χ0n) is 22.6. The van der Waals surface area contributed by atoms with Gasteiger partial charge in [-0.1, -0.05) is 103 Å². The molecule has 0 bridgehead atoms. The SMILES string of the molecule is c1ccc2c(c1)-c1cccc3c(-c4ccc5cc(-c6ccc7cc(-c8ncncn8)ccc7c6)ccc5c4)ccc-2c13. The molecule has 0 aliphatic heterocycles. The summed E-state index contributed by atoms with van der Waals surface area (Å²) < 4.78 is 0. The van der Waals surface area contributed by atoms with Crippen molar-refractivity contribution >= 4 is 32.3 Å². The lowest BCUT2D eigenvalue weighted by Gasteiger charge is -2.11. The summed E-state index contributed by atoms with van der Waals surface area (Å²) in [7, 11) is 0. The first-order valence-electron chi connectivity index (χ1n) is 14.2. The van der Waals surface area contributed by atoms with Crippen LogP contribution in [-0.4, -0.2) is 15.0 Å². The molecule has 1 aliphatic carbocycles. The lowest BCUT2D eigenvalue weighted by Crippen LogP contribution is -1.89. The Morgan fingerprint density at radius 2 is 0.857 bits per heavy atom. The molecule has 1 aromatic heterocycles. The Balaban J connectivity index is 1.09. The summed E-state index contributed by atoms with van der Waals surface area (Å²) in [5.41, 5.74) is 11.3. The summed E-state index contributed by atoms with van der Waals surface area (Å²) in [5.74, 6) is 0.687. The van der Waals surface area contributed by atoms with Crippen LogP contribution in [0.15, 0.2) is 140 Å². The maximum absolute atomic E-state index is 4.29. The number of nitrogens with zero attached hydrogens (tertiary/aromatic N) is 3. The summed E-state index contributed by atoms with van der Waals surface area (Å²) >= 11 is 0. The van der Waals surface area contributed by atoms with Gasteiger partial charge in [0.15, 0.2) is 5.82 Å². The Hall–Kier alpha value is -5.67. The van der Waals surface area contributed by atoms with Crippen molar-refractivity contribution in [1.29, 1.82) is 0 Å². The van der Waals surface area contributed by atoms with Crippen LogP contribution >= 0.6 is 0 Å². The van der Waals surface area contributed by atoms with Crippen molar-refractivity contribution in [1.82, 2.24) is 15.0 Å². The molecule has 1 heterocycles. The van der Waals surface area contributed by atoms with Gasteiger partial charge in [-0.15, -0.1) is 0 Å². The third kappa shape index (κ3) is 3.50. The van der Waals surface area contributed by atoms with Crippen molar-refractivity contribution in [3.63, 3.8) is 0 Å². The first-order chi connectivity index (χ1) is 20.8. The van der Waals surface area contributed by atoms with Crippen LogP contribution in [0.1, 0.15) is 0 Å². The summed E-state index contributed by atoms with van der Waals surface area (Å²) in [6, 6.07) is 46.7. The van der Waals surface area contributed by atoms with Crippen molar-refractivity contribution in [2.75, 3.05) is 0 Å². The second kappa shape index (κ2) is 8.92. The molecule has 0 amide bonds. The Bertz CT molecular complexity index is 2330. The number of aromatic nitrogens is 3. The van der Waals surface area contributed by atoms with Gasteiger partial charge >= 0.3 is 0 Å². The molecule has 0 fully saturated rings. The third-order valence-corrected chi connectivity index (χ3v) is 8.62. The minimum Gasteiger partial charge on any atom is -0.225 e. The van der Waals surface area contributed by atoms with Gasteiger partial charge < -0.3 is 0 Å². The first-order valence-corrected chi connectivity index (χ1v) is 14.2. The summed E-state index contributed by atoms with van der Waals surface area (Å²) in [6.45, 7) is 0. The predicted octanol–water partition coefficient (Wildman–Crippen LogP) is 9.98. The number of rotatable bonds is 3. The smallest absolute Gasteiger partial charge is 0.162 e. The zero-order chi connectivity index (χ0) is 27.6. The molecule has 0 spiro atoms. The second-order valence-electron chi connectivity index (χ2n) is 10.9. The average Bonchev–Trinajstić information content (AvgIpc) is 3.39. The molecule has 9 rings (SSSR count). The van der Waals surface area contributed by atoms with Gasteiger partial charge in [0.2, 0.25) is 0 Å². The molecule has 0 N–H and O–H groups in total. The fourth-order valence-electron chi connectivity index (χ4n) is 6.61. The molecule has 0 radical (unpaired) electrons. The quantitative estimate of drug-likeness (QED) is 0.227. The maximum Gasteiger partial charge on any atom is 0.162 e. The van der Waals surface area contributed by atoms with Gasteiger partial charge in [0, 0.05) is 5.56 Å². The minimum absolute atomic E-state index is 0.687. The molecule has 0 atom stereocenters. The van der Waals surface area contributed by atoms with Crippen LogP contribution in [0.5, 0.6) is 0 Å². The molecule has 42 heavy (non-hydrogen) atoms. The van der Waals surface area contributed by atoms with Crippen molar-refractivity contribution < 1.29 is 0 Å². The van der Waals surface area contributed by atoms with Crippen LogP contribution in [0.3, 0.4) is 0 Å². The van der Waals surface area contributed by atoms with Crippen molar-refractivity contribution in [3.05, 3.63) is 140 Å². The van der Waals surface area contributed by atoms with Crippen LogP contribution in [-0.2, 0) is 0 Å². The van der Waals surface area contributed by atoms with Crippen LogP contribution in [0.25, 0.3) is 88.2 Å². The van der Waals surface area contributed by atoms with E-state index in [2.05, 4.69) is 142 Å². The molecule has 3 heteroatoms. The summed E-state index contributed by atoms with van der Waals surface area (Å²) in [4.78, 5) is 12.5. The molecule has 0 unspecified atom stereocenters. The van der Waals surface area contributed by atoms with Gasteiger partial charge in [0.05, 0.1) is 0 Å². The number of hydrogen-bond acceptors (Lipinski definition) is 3. The Morgan fingerprint density at radius 3 is 1.52 bits per heavy atom. The van der Waals surface area contributed by atoms with Crippen LogP contribution in [0.4, 0.5) is 0 Å². The van der Waals surface area contributed by atoms with E-state index in [0.717, 1.165) is 10.9 Å². The summed E-state index contributed by atoms with van der Waals surface area (Å²) in [6.07, 6.45) is 3.06. The molecular weight excluding hydrogens is 510 g/mol. The van der Waals surface area contributed by atoms with Crippen molar-refractivity contribution in [2.45, 2.75) is 0 Å². The molecule has 3 nitrogen and oxygen atoms in total. The Morgan fingerprint density at radius 1 is 0.357 bits per heavy atom. The lowest BCUT2D eigenvalue weighted by atomic mass is 9.92. The highest BCUT2D eigenvalue weighted by Crippen LogP contribution is 2.49. The van der Waals surface area contributed by atoms with E-state index in [4.69, 9.17) is 0 Å². The molecule has 0 saturated carbocycles. The van der Waals surface area contributed by atoms with Gasteiger partial charge in [-0.05, 0) is 101 Å². The number of benzene rings is 7. The van der Waals surface area contributed by atoms with Crippen molar-refractivity contribution in [3.8, 4) is 55.9 Å². The van der Waals surface area contributed by atoms with E-state index < -0.39 is 0 Å². The van der Waals surface area contributed by atoms with E-state index >= 15 is 0 Å². The van der Waals surface area contributed by atoms with Crippen LogP contribution < -0.4 is 0 Å². The molecule has 8 aromatic rings. The van der Waals surface area contributed by atoms with Gasteiger partial charge in [-0.2, -0.15) is 0 Å². The van der Waals surface area contributed by atoms with Crippen LogP contribution in [0.2, 0.25) is 0 Å². The van der Waals surface area contributed by atoms with Crippen molar-refractivity contribution in [2.24, 2.45) is 0 Å². The summed E-state index contributed by atoms with van der Waals surface area (Å²) in [5, 5.41) is 7.51. The van der Waals surface area contributed by atoms with E-state index in [0.29, 0.717) is 5.82 Å². The number of hydrogen-bond donors (Lipinski definition) is 0. The highest BCUT2D eigenvalue weighted by molar-refractivity contribution is 6.18. The van der Waals surface area contributed by atoms with Crippen LogP contribution in [0, 0.1) is 0 Å². The van der Waals surface area contributed by atoms with E-state index in [-0.39, 0.29) is 0 Å². The minimum atomic E-state index is 0.687. The molecule has 7 aromatic carbocycles. The standard InChI is InChI=1S/C39H23N3/c1-2-5-34-33(4-1)36-7-3-6-35-32(16-17-37(34)38(35)36)30-14-12-26-18-24(8-10-28(26)20-30)25-9-11-29-21-31(15-13-27(29)19-25)39-41-22-40-23-42-39/h1-23H.